The molecular weight excluding hydrogens is 250 g/mol. The average molecular weight is 279 g/mol. The maximum absolute atomic E-state index is 9.75. The summed E-state index contributed by atoms with van der Waals surface area (Å²) in [5.41, 5.74) is 1.69. The first kappa shape index (κ1) is 17.0. The number of hydrogen-bond donors (Lipinski definition) is 2. The number of para-hydroxylation sites is 1. The van der Waals surface area contributed by atoms with E-state index < -0.39 is 5.60 Å². The van der Waals surface area contributed by atoms with E-state index in [0.29, 0.717) is 13.0 Å². The lowest BCUT2D eigenvalue weighted by Gasteiger charge is -2.23. The molecule has 1 aromatic rings. The van der Waals surface area contributed by atoms with Crippen LogP contribution in [0.2, 0.25) is 0 Å². The van der Waals surface area contributed by atoms with Gasteiger partial charge in [-0.25, -0.2) is 0 Å². The van der Waals surface area contributed by atoms with Crippen molar-refractivity contribution in [1.29, 1.82) is 0 Å². The summed E-state index contributed by atoms with van der Waals surface area (Å²) in [6.07, 6.45) is 0.619. The Morgan fingerprint density at radius 3 is 2.35 bits per heavy atom. The van der Waals surface area contributed by atoms with Crippen molar-refractivity contribution < 1.29 is 9.84 Å². The smallest absolute Gasteiger partial charge is 0.126 e. The van der Waals surface area contributed by atoms with Gasteiger partial charge < -0.3 is 15.2 Å². The average Bonchev–Trinajstić information content (AvgIpc) is 2.26. The molecule has 3 nitrogen and oxygen atoms in total. The molecule has 0 saturated carbocycles. The normalized spacial score (nSPS) is 12.6. The summed E-state index contributed by atoms with van der Waals surface area (Å²) in [6, 6.07) is 6.20. The van der Waals surface area contributed by atoms with Crippen molar-refractivity contribution in [1.82, 2.24) is 5.32 Å². The molecule has 20 heavy (non-hydrogen) atoms. The first-order valence-corrected chi connectivity index (χ1v) is 7.27. The summed E-state index contributed by atoms with van der Waals surface area (Å²) in [5, 5.41) is 13.2. The summed E-state index contributed by atoms with van der Waals surface area (Å²) < 4.78 is 5.91. The number of nitrogens with one attached hydrogen (secondary N) is 1. The molecule has 0 radical (unpaired) electrons. The van der Waals surface area contributed by atoms with Crippen LogP contribution in [0, 0.1) is 6.92 Å². The number of aryl methyl sites for hydroxylation is 1. The van der Waals surface area contributed by atoms with Gasteiger partial charge in [-0.15, -0.1) is 0 Å². The van der Waals surface area contributed by atoms with Crippen molar-refractivity contribution in [2.45, 2.75) is 65.6 Å². The number of hydrogen-bond acceptors (Lipinski definition) is 3. The first-order valence-electron chi connectivity index (χ1n) is 7.27. The van der Waals surface area contributed by atoms with Crippen molar-refractivity contribution in [3.8, 4) is 5.75 Å². The maximum Gasteiger partial charge on any atom is 0.126 e. The highest BCUT2D eigenvalue weighted by Crippen LogP contribution is 2.24. The molecule has 114 valence electrons. The molecule has 0 amide bonds. The maximum atomic E-state index is 9.75. The van der Waals surface area contributed by atoms with Crippen molar-refractivity contribution in [2.75, 3.05) is 6.61 Å². The van der Waals surface area contributed by atoms with Crippen LogP contribution in [0.4, 0.5) is 0 Å². The van der Waals surface area contributed by atoms with Gasteiger partial charge in [0.1, 0.15) is 5.75 Å². The molecule has 1 aromatic carbocycles. The molecule has 1 rings (SSSR count). The van der Waals surface area contributed by atoms with Crippen LogP contribution in [0.15, 0.2) is 18.2 Å². The lowest BCUT2D eigenvalue weighted by Crippen LogP contribution is -2.35. The van der Waals surface area contributed by atoms with Gasteiger partial charge in [-0.1, -0.05) is 18.2 Å². The second-order valence-corrected chi connectivity index (χ2v) is 7.08. The van der Waals surface area contributed by atoms with Crippen LogP contribution < -0.4 is 10.1 Å². The van der Waals surface area contributed by atoms with Crippen molar-refractivity contribution >= 4 is 0 Å². The van der Waals surface area contributed by atoms with Crippen LogP contribution >= 0.6 is 0 Å². The van der Waals surface area contributed by atoms with Gasteiger partial charge in [-0.3, -0.25) is 0 Å². The second-order valence-electron chi connectivity index (χ2n) is 7.08. The Morgan fingerprint density at radius 1 is 1.15 bits per heavy atom. The summed E-state index contributed by atoms with van der Waals surface area (Å²) >= 11 is 0. The van der Waals surface area contributed by atoms with E-state index in [-0.39, 0.29) is 5.54 Å². The molecular formula is C17H29NO2. The van der Waals surface area contributed by atoms with E-state index in [1.165, 1.54) is 0 Å². The van der Waals surface area contributed by atoms with Crippen molar-refractivity contribution in [3.63, 3.8) is 0 Å². The van der Waals surface area contributed by atoms with Gasteiger partial charge in [0.25, 0.3) is 0 Å². The van der Waals surface area contributed by atoms with Crippen molar-refractivity contribution in [2.24, 2.45) is 0 Å². The first-order chi connectivity index (χ1) is 9.08. The largest absolute Gasteiger partial charge is 0.493 e. The molecule has 0 heterocycles. The minimum atomic E-state index is -0.688. The van der Waals surface area contributed by atoms with Gasteiger partial charge >= 0.3 is 0 Å². The highest BCUT2D eigenvalue weighted by Gasteiger charge is 2.15. The zero-order valence-corrected chi connectivity index (χ0v) is 13.7. The monoisotopic (exact) mass is 279 g/mol. The molecule has 0 aliphatic heterocycles. The molecule has 0 saturated heterocycles. The SMILES string of the molecule is Cc1cccc(CNC(C)(C)C)c1OCCC(C)(C)O. The van der Waals surface area contributed by atoms with E-state index >= 15 is 0 Å². The van der Waals surface area contributed by atoms with Gasteiger partial charge in [0.15, 0.2) is 0 Å². The Labute approximate surface area is 123 Å². The Kier molecular flexibility index (Phi) is 5.60. The number of aliphatic hydroxyl groups is 1. The molecule has 0 spiro atoms. The lowest BCUT2D eigenvalue weighted by atomic mass is 10.1. The fraction of sp³-hybridized carbons (Fsp3) is 0.647. The summed E-state index contributed by atoms with van der Waals surface area (Å²) in [6.45, 7) is 13.4. The number of rotatable bonds is 6. The molecule has 2 N–H and O–H groups in total. The molecule has 0 aliphatic carbocycles. The standard InChI is InChI=1S/C17H29NO2/c1-13-8-7-9-14(12-18-16(2,3)4)15(13)20-11-10-17(5,6)19/h7-9,18-19H,10-12H2,1-6H3. The van der Waals surface area contributed by atoms with E-state index in [9.17, 15) is 5.11 Å². The van der Waals surface area contributed by atoms with Crippen LogP contribution in [0.1, 0.15) is 52.2 Å². The predicted molar refractivity (Wildman–Crippen MR) is 84.2 cm³/mol. The Morgan fingerprint density at radius 2 is 1.80 bits per heavy atom. The zero-order valence-electron chi connectivity index (χ0n) is 13.7. The Bertz CT molecular complexity index is 428. The molecule has 0 atom stereocenters. The van der Waals surface area contributed by atoms with E-state index in [4.69, 9.17) is 4.74 Å². The van der Waals surface area contributed by atoms with Crippen LogP contribution in [0.25, 0.3) is 0 Å². The Balaban J connectivity index is 2.73. The molecule has 0 aliphatic rings. The summed E-state index contributed by atoms with van der Waals surface area (Å²) in [5.74, 6) is 0.938. The number of ether oxygens (including phenoxy) is 1. The quantitative estimate of drug-likeness (QED) is 0.838. The fourth-order valence-electron chi connectivity index (χ4n) is 1.82. The van der Waals surface area contributed by atoms with E-state index in [2.05, 4.69) is 51.2 Å². The minimum absolute atomic E-state index is 0.0775. The lowest BCUT2D eigenvalue weighted by molar-refractivity contribution is 0.0550. The highest BCUT2D eigenvalue weighted by atomic mass is 16.5. The van der Waals surface area contributed by atoms with Crippen LogP contribution in [0.3, 0.4) is 0 Å². The van der Waals surface area contributed by atoms with E-state index in [1.54, 1.807) is 13.8 Å². The predicted octanol–water partition coefficient (Wildman–Crippen LogP) is 3.42. The van der Waals surface area contributed by atoms with Gasteiger partial charge in [0.2, 0.25) is 0 Å². The van der Waals surface area contributed by atoms with Crippen LogP contribution in [0.5, 0.6) is 5.75 Å². The van der Waals surface area contributed by atoms with Gasteiger partial charge in [0.05, 0.1) is 12.2 Å². The highest BCUT2D eigenvalue weighted by molar-refractivity contribution is 5.40. The van der Waals surface area contributed by atoms with Crippen molar-refractivity contribution in [3.05, 3.63) is 29.3 Å². The zero-order chi connectivity index (χ0) is 15.4. The second kappa shape index (κ2) is 6.59. The van der Waals surface area contributed by atoms with Crippen LogP contribution in [-0.4, -0.2) is 22.9 Å². The topological polar surface area (TPSA) is 41.5 Å². The summed E-state index contributed by atoms with van der Waals surface area (Å²) in [7, 11) is 0. The van der Waals surface area contributed by atoms with Gasteiger partial charge in [0, 0.05) is 24.1 Å². The van der Waals surface area contributed by atoms with Gasteiger partial charge in [-0.2, -0.15) is 0 Å². The molecule has 0 bridgehead atoms. The van der Waals surface area contributed by atoms with E-state index in [0.717, 1.165) is 23.4 Å². The molecule has 0 fully saturated rings. The number of benzene rings is 1. The van der Waals surface area contributed by atoms with Gasteiger partial charge in [-0.05, 0) is 47.1 Å². The minimum Gasteiger partial charge on any atom is -0.493 e. The molecule has 3 heteroatoms. The fourth-order valence-corrected chi connectivity index (χ4v) is 1.82. The third-order valence-corrected chi connectivity index (χ3v) is 3.06. The third kappa shape index (κ3) is 6.40. The molecule has 0 aromatic heterocycles. The molecule has 0 unspecified atom stereocenters. The Hall–Kier alpha value is -1.06. The third-order valence-electron chi connectivity index (χ3n) is 3.06. The van der Waals surface area contributed by atoms with E-state index in [1.807, 2.05) is 0 Å². The summed E-state index contributed by atoms with van der Waals surface area (Å²) in [4.78, 5) is 0. The van der Waals surface area contributed by atoms with Crippen LogP contribution in [-0.2, 0) is 6.54 Å².